The maximum absolute atomic E-state index is 13.4. The first-order valence-corrected chi connectivity index (χ1v) is 12.6. The van der Waals surface area contributed by atoms with Crippen LogP contribution in [0.1, 0.15) is 24.8 Å². The van der Waals surface area contributed by atoms with Crippen LogP contribution in [0.5, 0.6) is 5.75 Å². The molecule has 2 unspecified atom stereocenters. The van der Waals surface area contributed by atoms with Crippen molar-refractivity contribution in [2.45, 2.75) is 39.4 Å². The summed E-state index contributed by atoms with van der Waals surface area (Å²) in [7, 11) is -2.56. The number of nitrogens with zero attached hydrogens (tertiary/aromatic N) is 1. The molecule has 0 radical (unpaired) electrons. The van der Waals surface area contributed by atoms with Gasteiger partial charge in [-0.3, -0.25) is 9.69 Å². The summed E-state index contributed by atoms with van der Waals surface area (Å²) in [5.74, 6) is -0.748. The lowest BCUT2D eigenvalue weighted by molar-refractivity contribution is -0.141. The van der Waals surface area contributed by atoms with Crippen molar-refractivity contribution in [1.82, 2.24) is 4.90 Å². The van der Waals surface area contributed by atoms with Crippen molar-refractivity contribution in [3.8, 4) is 5.75 Å². The number of hydrogen-bond acceptors (Lipinski definition) is 5. The molecule has 0 amide bonds. The molecular formula is C22H26INO5S. The minimum atomic E-state index is -4.05. The van der Waals surface area contributed by atoms with Crippen molar-refractivity contribution < 1.29 is 23.1 Å². The van der Waals surface area contributed by atoms with E-state index in [1.807, 2.05) is 18.2 Å². The van der Waals surface area contributed by atoms with Gasteiger partial charge in [0.25, 0.3) is 0 Å². The van der Waals surface area contributed by atoms with Gasteiger partial charge in [0, 0.05) is 13.0 Å². The number of piperidine rings is 1. The molecule has 1 aliphatic heterocycles. The zero-order valence-corrected chi connectivity index (χ0v) is 19.8. The van der Waals surface area contributed by atoms with E-state index in [0.717, 1.165) is 19.4 Å². The van der Waals surface area contributed by atoms with Crippen LogP contribution in [0, 0.1) is 0 Å². The van der Waals surface area contributed by atoms with Gasteiger partial charge in [0.15, 0.2) is 14.6 Å². The fourth-order valence-electron chi connectivity index (χ4n) is 3.88. The first-order chi connectivity index (χ1) is 14.3. The topological polar surface area (TPSA) is 83.9 Å². The molecule has 1 saturated heterocycles. The predicted octanol–water partition coefficient (Wildman–Crippen LogP) is 3.78. The smallest absolute Gasteiger partial charge is 0.325 e. The van der Waals surface area contributed by atoms with E-state index in [9.17, 15) is 18.3 Å². The van der Waals surface area contributed by atoms with E-state index in [4.69, 9.17) is 4.74 Å². The number of aliphatic carboxylic acids is 1. The van der Waals surface area contributed by atoms with E-state index < -0.39 is 20.6 Å². The number of carboxylic acids is 1. The molecule has 1 N–H and O–H groups in total. The standard InChI is InChI=1S/C22H26INO5S/c1-29-18-9-11-19(12-10-18)30(27,28)22(21(25)26)13-15-24(20(23)16-22)14-5-8-17-6-3-2-4-7-17/h2-4,6-7,9-12,20H,5,8,13-16H2,1H3,(H,25,26). The fourth-order valence-corrected chi connectivity index (χ4v) is 7.40. The van der Waals surface area contributed by atoms with Gasteiger partial charge in [0.05, 0.1) is 16.1 Å². The summed E-state index contributed by atoms with van der Waals surface area (Å²) in [5, 5.41) is 9.99. The Labute approximate surface area is 191 Å². The molecule has 162 valence electrons. The lowest BCUT2D eigenvalue weighted by Crippen LogP contribution is -2.56. The number of benzene rings is 2. The summed E-state index contributed by atoms with van der Waals surface area (Å²) in [6.45, 7) is 1.24. The van der Waals surface area contributed by atoms with Gasteiger partial charge in [0.1, 0.15) is 5.75 Å². The number of sulfone groups is 1. The number of aryl methyl sites for hydroxylation is 1. The number of rotatable bonds is 8. The van der Waals surface area contributed by atoms with E-state index in [0.29, 0.717) is 12.3 Å². The Morgan fingerprint density at radius 2 is 1.87 bits per heavy atom. The maximum atomic E-state index is 13.4. The monoisotopic (exact) mass is 543 g/mol. The lowest BCUT2D eigenvalue weighted by Gasteiger charge is -2.41. The van der Waals surface area contributed by atoms with Crippen LogP contribution in [0.2, 0.25) is 0 Å². The average Bonchev–Trinajstić information content (AvgIpc) is 2.75. The van der Waals surface area contributed by atoms with Crippen molar-refractivity contribution in [3.05, 3.63) is 60.2 Å². The SMILES string of the molecule is COc1ccc(S(=O)(=O)C2(C(=O)O)CCN(CCCc3ccccc3)C(I)C2)cc1. The Morgan fingerprint density at radius 3 is 2.43 bits per heavy atom. The van der Waals surface area contributed by atoms with Gasteiger partial charge in [-0.05, 0) is 55.6 Å². The molecule has 30 heavy (non-hydrogen) atoms. The molecule has 1 heterocycles. The first kappa shape index (κ1) is 23.0. The van der Waals surface area contributed by atoms with Crippen molar-refractivity contribution in [3.63, 3.8) is 0 Å². The van der Waals surface area contributed by atoms with Crippen LogP contribution < -0.4 is 4.74 Å². The van der Waals surface area contributed by atoms with E-state index in [1.165, 1.54) is 24.8 Å². The Hall–Kier alpha value is -1.65. The molecule has 0 spiro atoms. The number of halogens is 1. The van der Waals surface area contributed by atoms with E-state index in [-0.39, 0.29) is 21.8 Å². The van der Waals surface area contributed by atoms with E-state index in [1.54, 1.807) is 12.1 Å². The fraction of sp³-hybridized carbons (Fsp3) is 0.409. The Kier molecular flexibility index (Phi) is 7.41. The van der Waals surface area contributed by atoms with Crippen molar-refractivity contribution in [2.24, 2.45) is 0 Å². The second kappa shape index (κ2) is 9.65. The van der Waals surface area contributed by atoms with Gasteiger partial charge in [-0.1, -0.05) is 52.9 Å². The van der Waals surface area contributed by atoms with Gasteiger partial charge in [-0.25, -0.2) is 8.42 Å². The van der Waals surface area contributed by atoms with Crippen LogP contribution in [-0.4, -0.2) is 53.4 Å². The molecule has 1 aliphatic rings. The number of hydrogen-bond donors (Lipinski definition) is 1. The predicted molar refractivity (Wildman–Crippen MR) is 124 cm³/mol. The molecule has 0 aromatic heterocycles. The molecule has 1 fully saturated rings. The lowest BCUT2D eigenvalue weighted by atomic mass is 9.95. The molecule has 8 heteroatoms. The summed E-state index contributed by atoms with van der Waals surface area (Å²) in [5.41, 5.74) is 1.27. The maximum Gasteiger partial charge on any atom is 0.325 e. The highest BCUT2D eigenvalue weighted by Gasteiger charge is 2.55. The van der Waals surface area contributed by atoms with Gasteiger partial charge < -0.3 is 9.84 Å². The Morgan fingerprint density at radius 1 is 1.20 bits per heavy atom. The highest BCUT2D eigenvalue weighted by atomic mass is 127. The number of methoxy groups -OCH3 is 1. The minimum absolute atomic E-state index is 0.0202. The molecular weight excluding hydrogens is 517 g/mol. The molecule has 2 aromatic carbocycles. The number of likely N-dealkylation sites (tertiary alicyclic amines) is 1. The van der Waals surface area contributed by atoms with Crippen LogP contribution in [0.3, 0.4) is 0 Å². The van der Waals surface area contributed by atoms with Gasteiger partial charge in [-0.2, -0.15) is 0 Å². The molecule has 0 aliphatic carbocycles. The summed E-state index contributed by atoms with van der Waals surface area (Å²) in [4.78, 5) is 14.5. The molecule has 3 rings (SSSR count). The van der Waals surface area contributed by atoms with E-state index in [2.05, 4.69) is 39.6 Å². The number of carbonyl (C=O) groups is 1. The number of carboxylic acid groups (broad SMARTS) is 1. The summed E-state index contributed by atoms with van der Waals surface area (Å²) in [6, 6.07) is 16.1. The number of alkyl halides is 1. The quantitative estimate of drug-likeness (QED) is 0.310. The normalized spacial score (nSPS) is 22.5. The number of ether oxygens (including phenoxy) is 1. The summed E-state index contributed by atoms with van der Waals surface area (Å²) >= 11 is 2.18. The van der Waals surface area contributed by atoms with Crippen LogP contribution in [0.25, 0.3) is 0 Å². The van der Waals surface area contributed by atoms with Crippen LogP contribution >= 0.6 is 22.6 Å². The minimum Gasteiger partial charge on any atom is -0.497 e. The van der Waals surface area contributed by atoms with Crippen molar-refractivity contribution in [2.75, 3.05) is 20.2 Å². The first-order valence-electron chi connectivity index (χ1n) is 9.84. The van der Waals surface area contributed by atoms with Crippen molar-refractivity contribution >= 4 is 38.4 Å². The molecule has 2 aromatic rings. The third kappa shape index (κ3) is 4.65. The third-order valence-electron chi connectivity index (χ3n) is 5.72. The van der Waals surface area contributed by atoms with Gasteiger partial charge >= 0.3 is 5.97 Å². The van der Waals surface area contributed by atoms with Gasteiger partial charge in [0.2, 0.25) is 0 Å². The molecule has 2 atom stereocenters. The second-order valence-electron chi connectivity index (χ2n) is 7.49. The molecule has 0 bridgehead atoms. The molecule has 0 saturated carbocycles. The highest BCUT2D eigenvalue weighted by Crippen LogP contribution is 2.40. The Bertz CT molecular complexity index is 965. The third-order valence-corrected chi connectivity index (χ3v) is 9.42. The van der Waals surface area contributed by atoms with Crippen LogP contribution in [0.15, 0.2) is 59.5 Å². The summed E-state index contributed by atoms with van der Waals surface area (Å²) in [6.07, 6.45) is 2.01. The second-order valence-corrected chi connectivity index (χ2v) is 11.2. The zero-order valence-electron chi connectivity index (χ0n) is 16.8. The zero-order chi connectivity index (χ0) is 21.8. The Balaban J connectivity index is 1.73. The van der Waals surface area contributed by atoms with Gasteiger partial charge in [-0.15, -0.1) is 0 Å². The largest absolute Gasteiger partial charge is 0.497 e. The van der Waals surface area contributed by atoms with Crippen molar-refractivity contribution in [1.29, 1.82) is 0 Å². The molecule has 6 nitrogen and oxygen atoms in total. The average molecular weight is 543 g/mol. The van der Waals surface area contributed by atoms with Crippen LogP contribution in [0.4, 0.5) is 0 Å². The summed E-state index contributed by atoms with van der Waals surface area (Å²) < 4.78 is 29.8. The van der Waals surface area contributed by atoms with Crippen LogP contribution in [-0.2, 0) is 21.1 Å². The highest BCUT2D eigenvalue weighted by molar-refractivity contribution is 14.1. The van der Waals surface area contributed by atoms with E-state index >= 15 is 0 Å².